The van der Waals surface area contributed by atoms with Gasteiger partial charge in [0.25, 0.3) is 5.91 Å². The lowest BCUT2D eigenvalue weighted by Gasteiger charge is -2.32. The topological polar surface area (TPSA) is 72.9 Å². The Hall–Kier alpha value is -3.48. The average molecular weight is 436 g/mol. The molecular weight excluding hydrogens is 406 g/mol. The number of nitrogens with one attached hydrogen (secondary N) is 1. The number of pyridine rings is 1. The highest BCUT2D eigenvalue weighted by molar-refractivity contribution is 5.93. The van der Waals surface area contributed by atoms with E-state index in [0.29, 0.717) is 28.9 Å². The molecule has 1 amide bonds. The number of para-hydroxylation sites is 1. The maximum Gasteiger partial charge on any atom is 0.262 e. The van der Waals surface area contributed by atoms with E-state index in [1.807, 2.05) is 18.2 Å². The Kier molecular flexibility index (Phi) is 6.63. The number of amides is 1. The van der Waals surface area contributed by atoms with Crippen molar-refractivity contribution >= 4 is 28.3 Å². The molecule has 1 aromatic heterocycles. The predicted octanol–water partition coefficient (Wildman–Crippen LogP) is 4.51. The number of methoxy groups -OCH3 is 2. The number of carbonyl (C=O) groups excluding carboxylic acids is 1. The smallest absolute Gasteiger partial charge is 0.262 e. The van der Waals surface area contributed by atoms with Crippen LogP contribution < -0.4 is 24.4 Å². The van der Waals surface area contributed by atoms with E-state index in [-0.39, 0.29) is 12.5 Å². The highest BCUT2D eigenvalue weighted by Gasteiger charge is 2.18. The average Bonchev–Trinajstić information content (AvgIpc) is 2.82. The summed E-state index contributed by atoms with van der Waals surface area (Å²) in [5.41, 5.74) is 1.37. The quantitative estimate of drug-likeness (QED) is 0.589. The van der Waals surface area contributed by atoms with Crippen molar-refractivity contribution in [3.05, 3.63) is 48.5 Å². The lowest BCUT2D eigenvalue weighted by molar-refractivity contribution is -0.118. The maximum atomic E-state index is 12.5. The molecule has 7 heteroatoms. The summed E-state index contributed by atoms with van der Waals surface area (Å²) in [5.74, 6) is 3.08. The van der Waals surface area contributed by atoms with Gasteiger partial charge in [0.05, 0.1) is 14.2 Å². The van der Waals surface area contributed by atoms with Crippen LogP contribution in [0.3, 0.4) is 0 Å². The highest BCUT2D eigenvalue weighted by Crippen LogP contribution is 2.30. The van der Waals surface area contributed by atoms with Crippen molar-refractivity contribution in [1.29, 1.82) is 0 Å². The monoisotopic (exact) mass is 435 g/mol. The standard InChI is InChI=1S/C25H29N3O4/c1-17-6-5-13-28(15-17)23-12-9-18-7-4-8-21(25(18)27-23)32-16-24(29)26-19-10-11-20(30-2)22(14-19)31-3/h4,7-12,14,17H,5-6,13,15-16H2,1-3H3,(H,26,29)/t17-/m1/s1. The second-order valence-corrected chi connectivity index (χ2v) is 8.10. The van der Waals surface area contributed by atoms with Gasteiger partial charge in [0.2, 0.25) is 0 Å². The van der Waals surface area contributed by atoms with E-state index in [9.17, 15) is 4.79 Å². The molecule has 0 bridgehead atoms. The van der Waals surface area contributed by atoms with Crippen LogP contribution in [-0.4, -0.2) is 44.8 Å². The van der Waals surface area contributed by atoms with Crippen LogP contribution in [0.5, 0.6) is 17.2 Å². The molecule has 32 heavy (non-hydrogen) atoms. The first kappa shape index (κ1) is 21.7. The van der Waals surface area contributed by atoms with Gasteiger partial charge in [-0.05, 0) is 49.1 Å². The minimum Gasteiger partial charge on any atom is -0.493 e. The van der Waals surface area contributed by atoms with Crippen LogP contribution >= 0.6 is 0 Å². The molecule has 2 aromatic carbocycles. The fourth-order valence-electron chi connectivity index (χ4n) is 4.05. The van der Waals surface area contributed by atoms with Gasteiger partial charge in [-0.25, -0.2) is 4.98 Å². The zero-order valence-electron chi connectivity index (χ0n) is 18.8. The lowest BCUT2D eigenvalue weighted by Crippen LogP contribution is -2.34. The van der Waals surface area contributed by atoms with E-state index in [1.165, 1.54) is 12.8 Å². The fourth-order valence-corrected chi connectivity index (χ4v) is 4.05. The molecule has 7 nitrogen and oxygen atoms in total. The summed E-state index contributed by atoms with van der Waals surface area (Å²) in [5, 5.41) is 3.81. The van der Waals surface area contributed by atoms with Crippen LogP contribution in [0.2, 0.25) is 0 Å². The molecular formula is C25H29N3O4. The van der Waals surface area contributed by atoms with Gasteiger partial charge < -0.3 is 24.4 Å². The number of rotatable bonds is 7. The number of benzene rings is 2. The molecule has 168 valence electrons. The largest absolute Gasteiger partial charge is 0.493 e. The number of carbonyl (C=O) groups is 1. The van der Waals surface area contributed by atoms with Crippen molar-refractivity contribution in [3.8, 4) is 17.2 Å². The first-order chi connectivity index (χ1) is 15.6. The SMILES string of the molecule is COc1ccc(NC(=O)COc2cccc3ccc(N4CCC[C@@H](C)C4)nc23)cc1OC. The number of aromatic nitrogens is 1. The zero-order valence-corrected chi connectivity index (χ0v) is 18.8. The fraction of sp³-hybridized carbons (Fsp3) is 0.360. The summed E-state index contributed by atoms with van der Waals surface area (Å²) in [6.07, 6.45) is 2.43. The minimum absolute atomic E-state index is 0.125. The van der Waals surface area contributed by atoms with Crippen molar-refractivity contribution in [3.63, 3.8) is 0 Å². The molecule has 0 saturated carbocycles. The molecule has 0 unspecified atom stereocenters. The van der Waals surface area contributed by atoms with Gasteiger partial charge in [-0.1, -0.05) is 19.1 Å². The number of hydrogen-bond acceptors (Lipinski definition) is 6. The molecule has 2 heterocycles. The van der Waals surface area contributed by atoms with E-state index < -0.39 is 0 Å². The molecule has 0 aliphatic carbocycles. The Morgan fingerprint density at radius 3 is 2.72 bits per heavy atom. The number of piperidine rings is 1. The van der Waals surface area contributed by atoms with Crippen LogP contribution in [0.1, 0.15) is 19.8 Å². The maximum absolute atomic E-state index is 12.5. The lowest BCUT2D eigenvalue weighted by atomic mass is 10.0. The predicted molar refractivity (Wildman–Crippen MR) is 126 cm³/mol. The second-order valence-electron chi connectivity index (χ2n) is 8.10. The Morgan fingerprint density at radius 2 is 1.94 bits per heavy atom. The Labute approximate surface area is 188 Å². The van der Waals surface area contributed by atoms with Crippen molar-refractivity contribution < 1.29 is 19.0 Å². The third-order valence-electron chi connectivity index (χ3n) is 5.68. The summed E-state index contributed by atoms with van der Waals surface area (Å²) < 4.78 is 16.4. The summed E-state index contributed by atoms with van der Waals surface area (Å²) in [7, 11) is 3.12. The van der Waals surface area contributed by atoms with Crippen LogP contribution in [-0.2, 0) is 4.79 Å². The number of ether oxygens (including phenoxy) is 3. The van der Waals surface area contributed by atoms with Gasteiger partial charge in [-0.2, -0.15) is 0 Å². The van der Waals surface area contributed by atoms with Crippen molar-refractivity contribution in [2.45, 2.75) is 19.8 Å². The Morgan fingerprint density at radius 1 is 1.09 bits per heavy atom. The third-order valence-corrected chi connectivity index (χ3v) is 5.68. The van der Waals surface area contributed by atoms with Gasteiger partial charge in [0, 0.05) is 30.2 Å². The molecule has 4 rings (SSSR count). The zero-order chi connectivity index (χ0) is 22.5. The molecule has 1 atom stereocenters. The first-order valence-corrected chi connectivity index (χ1v) is 10.9. The van der Waals surface area contributed by atoms with E-state index in [4.69, 9.17) is 19.2 Å². The normalized spacial score (nSPS) is 16.0. The molecule has 1 aliphatic rings. The number of fused-ring (bicyclic) bond motifs is 1. The molecule has 1 N–H and O–H groups in total. The van der Waals surface area contributed by atoms with Crippen molar-refractivity contribution in [2.24, 2.45) is 5.92 Å². The van der Waals surface area contributed by atoms with Gasteiger partial charge in [-0.15, -0.1) is 0 Å². The molecule has 1 fully saturated rings. The van der Waals surface area contributed by atoms with Gasteiger partial charge >= 0.3 is 0 Å². The van der Waals surface area contributed by atoms with Gasteiger partial charge in [-0.3, -0.25) is 4.79 Å². The molecule has 1 saturated heterocycles. The highest BCUT2D eigenvalue weighted by atomic mass is 16.5. The molecule has 0 spiro atoms. The third kappa shape index (κ3) is 4.88. The molecule has 0 radical (unpaired) electrons. The number of anilines is 2. The van der Waals surface area contributed by atoms with Crippen molar-refractivity contribution in [1.82, 2.24) is 4.98 Å². The van der Waals surface area contributed by atoms with Crippen LogP contribution in [0.25, 0.3) is 10.9 Å². The Balaban J connectivity index is 1.46. The van der Waals surface area contributed by atoms with Gasteiger partial charge in [0.15, 0.2) is 18.1 Å². The van der Waals surface area contributed by atoms with Crippen LogP contribution in [0, 0.1) is 5.92 Å². The van der Waals surface area contributed by atoms with Gasteiger partial charge in [0.1, 0.15) is 17.1 Å². The van der Waals surface area contributed by atoms with E-state index in [1.54, 1.807) is 32.4 Å². The van der Waals surface area contributed by atoms with E-state index >= 15 is 0 Å². The Bertz CT molecular complexity index is 1100. The summed E-state index contributed by atoms with van der Waals surface area (Å²) in [4.78, 5) is 19.7. The molecule has 3 aromatic rings. The summed E-state index contributed by atoms with van der Waals surface area (Å²) in [6.45, 7) is 4.17. The van der Waals surface area contributed by atoms with Crippen LogP contribution in [0.4, 0.5) is 11.5 Å². The number of hydrogen-bond donors (Lipinski definition) is 1. The first-order valence-electron chi connectivity index (χ1n) is 10.9. The van der Waals surface area contributed by atoms with Crippen LogP contribution in [0.15, 0.2) is 48.5 Å². The molecule has 1 aliphatic heterocycles. The van der Waals surface area contributed by atoms with E-state index in [0.717, 1.165) is 29.8 Å². The second kappa shape index (κ2) is 9.77. The van der Waals surface area contributed by atoms with Crippen molar-refractivity contribution in [2.75, 3.05) is 44.1 Å². The minimum atomic E-state index is -0.268. The number of nitrogens with zero attached hydrogens (tertiary/aromatic N) is 2. The summed E-state index contributed by atoms with van der Waals surface area (Å²) in [6, 6.07) is 15.1. The van der Waals surface area contributed by atoms with E-state index in [2.05, 4.69) is 29.3 Å². The summed E-state index contributed by atoms with van der Waals surface area (Å²) >= 11 is 0.